The minimum absolute atomic E-state index is 0.102. The van der Waals surface area contributed by atoms with Crippen molar-refractivity contribution in [2.75, 3.05) is 26.2 Å². The van der Waals surface area contributed by atoms with E-state index in [1.165, 1.54) is 5.56 Å². The Morgan fingerprint density at radius 1 is 1.16 bits per heavy atom. The Labute approximate surface area is 151 Å². The molecule has 2 rings (SSSR count). The van der Waals surface area contributed by atoms with Gasteiger partial charge in [0, 0.05) is 18.5 Å². The summed E-state index contributed by atoms with van der Waals surface area (Å²) in [6, 6.07) is 7.99. The number of carbonyl (C=O) groups excluding carboxylic acids is 1. The van der Waals surface area contributed by atoms with Crippen LogP contribution in [0.1, 0.15) is 68.8 Å². The molecule has 25 heavy (non-hydrogen) atoms. The highest BCUT2D eigenvalue weighted by atomic mass is 16.3. The zero-order valence-electron chi connectivity index (χ0n) is 15.9. The normalized spacial score (nSPS) is 22.6. The highest BCUT2D eigenvalue weighted by Gasteiger charge is 2.29. The third-order valence-corrected chi connectivity index (χ3v) is 5.26. The maximum absolute atomic E-state index is 12.4. The highest BCUT2D eigenvalue weighted by Crippen LogP contribution is 2.23. The predicted octanol–water partition coefficient (Wildman–Crippen LogP) is 3.16. The van der Waals surface area contributed by atoms with Crippen LogP contribution in [0.15, 0.2) is 24.3 Å². The van der Waals surface area contributed by atoms with E-state index in [9.17, 15) is 15.0 Å². The largest absolute Gasteiger partial charge is 0.393 e. The molecule has 0 radical (unpaired) electrons. The van der Waals surface area contributed by atoms with Gasteiger partial charge in [0.1, 0.15) is 0 Å². The fourth-order valence-electron chi connectivity index (χ4n) is 3.38. The van der Waals surface area contributed by atoms with Crippen LogP contribution in [0.25, 0.3) is 0 Å². The first-order valence-electron chi connectivity index (χ1n) is 9.43. The predicted molar refractivity (Wildman–Crippen MR) is 101 cm³/mol. The van der Waals surface area contributed by atoms with E-state index >= 15 is 0 Å². The van der Waals surface area contributed by atoms with Crippen molar-refractivity contribution in [2.24, 2.45) is 0 Å². The summed E-state index contributed by atoms with van der Waals surface area (Å²) in [6.07, 6.45) is 3.52. The van der Waals surface area contributed by atoms with Crippen LogP contribution < -0.4 is 0 Å². The number of nitrogens with zero attached hydrogens (tertiary/aromatic N) is 1. The van der Waals surface area contributed by atoms with Crippen molar-refractivity contribution < 1.29 is 15.0 Å². The number of aliphatic hydroxyl groups is 2. The highest BCUT2D eigenvalue weighted by molar-refractivity contribution is 5.96. The molecule has 0 aliphatic carbocycles. The van der Waals surface area contributed by atoms with Crippen molar-refractivity contribution in [3.05, 3.63) is 35.4 Å². The van der Waals surface area contributed by atoms with Crippen LogP contribution in [-0.4, -0.2) is 52.7 Å². The second-order valence-electron chi connectivity index (χ2n) is 8.43. The van der Waals surface area contributed by atoms with E-state index in [1.807, 2.05) is 12.1 Å². The molecular formula is C21H33NO3. The summed E-state index contributed by atoms with van der Waals surface area (Å²) < 4.78 is 0. The van der Waals surface area contributed by atoms with Crippen LogP contribution in [0.3, 0.4) is 0 Å². The summed E-state index contributed by atoms with van der Waals surface area (Å²) in [7, 11) is 0. The molecule has 0 bridgehead atoms. The second-order valence-corrected chi connectivity index (χ2v) is 8.43. The number of ketones is 1. The molecule has 0 aromatic heterocycles. The molecule has 0 spiro atoms. The van der Waals surface area contributed by atoms with Crippen molar-refractivity contribution >= 4 is 5.78 Å². The number of hydrogen-bond donors (Lipinski definition) is 2. The van der Waals surface area contributed by atoms with Gasteiger partial charge in [-0.15, -0.1) is 0 Å². The molecule has 1 saturated heterocycles. The molecule has 4 heteroatoms. The fraction of sp³-hybridized carbons (Fsp3) is 0.667. The topological polar surface area (TPSA) is 60.8 Å². The lowest BCUT2D eigenvalue weighted by molar-refractivity contribution is -0.0254. The molecule has 1 aromatic carbocycles. The van der Waals surface area contributed by atoms with Gasteiger partial charge in [-0.1, -0.05) is 45.0 Å². The maximum atomic E-state index is 12.4. The summed E-state index contributed by atoms with van der Waals surface area (Å²) in [5, 5.41) is 19.5. The lowest BCUT2D eigenvalue weighted by atomic mass is 9.86. The molecule has 2 N–H and O–H groups in total. The summed E-state index contributed by atoms with van der Waals surface area (Å²) in [6.45, 7) is 8.92. The fourth-order valence-corrected chi connectivity index (χ4v) is 3.38. The SMILES string of the molecule is CC(C)(C)c1ccc(C(=O)CCCN2CCC[C@](O)(CO)CC2)cc1. The van der Waals surface area contributed by atoms with Crippen molar-refractivity contribution in [3.63, 3.8) is 0 Å². The van der Waals surface area contributed by atoms with Crippen LogP contribution in [0.2, 0.25) is 0 Å². The molecule has 1 heterocycles. The van der Waals surface area contributed by atoms with Gasteiger partial charge < -0.3 is 15.1 Å². The smallest absolute Gasteiger partial charge is 0.162 e. The lowest BCUT2D eigenvalue weighted by Gasteiger charge is -2.24. The number of benzene rings is 1. The summed E-state index contributed by atoms with van der Waals surface area (Å²) >= 11 is 0. The van der Waals surface area contributed by atoms with Gasteiger partial charge in [-0.25, -0.2) is 0 Å². The molecular weight excluding hydrogens is 314 g/mol. The monoisotopic (exact) mass is 347 g/mol. The van der Waals surface area contributed by atoms with Crippen molar-refractivity contribution in [2.45, 2.75) is 63.9 Å². The standard InChI is InChI=1S/C21H33NO3/c1-20(2,3)18-9-7-17(8-10-18)19(24)6-4-13-22-14-5-11-21(25,16-23)12-15-22/h7-10,23,25H,4-6,11-16H2,1-3H3/t21-/m1/s1. The molecule has 0 unspecified atom stereocenters. The van der Waals surface area contributed by atoms with E-state index in [1.54, 1.807) is 0 Å². The van der Waals surface area contributed by atoms with Crippen molar-refractivity contribution in [1.29, 1.82) is 0 Å². The van der Waals surface area contributed by atoms with E-state index in [-0.39, 0.29) is 17.8 Å². The van der Waals surface area contributed by atoms with Crippen LogP contribution in [0.4, 0.5) is 0 Å². The zero-order chi connectivity index (χ0) is 18.5. The Bertz CT molecular complexity index is 561. The van der Waals surface area contributed by atoms with Gasteiger partial charge in [0.25, 0.3) is 0 Å². The Morgan fingerprint density at radius 2 is 1.84 bits per heavy atom. The first-order chi connectivity index (χ1) is 11.7. The number of Topliss-reactive ketones (excluding diaryl/α,β-unsaturated/α-hetero) is 1. The van der Waals surface area contributed by atoms with Gasteiger partial charge in [0.2, 0.25) is 0 Å². The third kappa shape index (κ3) is 5.91. The molecule has 1 fully saturated rings. The van der Waals surface area contributed by atoms with E-state index in [0.717, 1.165) is 38.0 Å². The summed E-state index contributed by atoms with van der Waals surface area (Å²) in [5.74, 6) is 0.196. The van der Waals surface area contributed by atoms with Gasteiger partial charge in [0.05, 0.1) is 12.2 Å². The molecule has 4 nitrogen and oxygen atoms in total. The van der Waals surface area contributed by atoms with E-state index in [0.29, 0.717) is 19.3 Å². The lowest BCUT2D eigenvalue weighted by Crippen LogP contribution is -2.35. The maximum Gasteiger partial charge on any atom is 0.162 e. The van der Waals surface area contributed by atoms with Crippen LogP contribution >= 0.6 is 0 Å². The number of rotatable bonds is 6. The first-order valence-corrected chi connectivity index (χ1v) is 9.43. The van der Waals surface area contributed by atoms with Crippen LogP contribution in [0.5, 0.6) is 0 Å². The van der Waals surface area contributed by atoms with E-state index < -0.39 is 5.60 Å². The average molecular weight is 347 g/mol. The van der Waals surface area contributed by atoms with Crippen molar-refractivity contribution in [1.82, 2.24) is 4.90 Å². The Balaban J connectivity index is 1.79. The Morgan fingerprint density at radius 3 is 2.44 bits per heavy atom. The summed E-state index contributed by atoms with van der Waals surface area (Å²) in [4.78, 5) is 14.7. The molecule has 1 aromatic rings. The first kappa shape index (κ1) is 20.1. The average Bonchev–Trinajstić information content (AvgIpc) is 2.77. The second kappa shape index (κ2) is 8.43. The molecule has 140 valence electrons. The number of carbonyl (C=O) groups is 1. The Hall–Kier alpha value is -1.23. The van der Waals surface area contributed by atoms with E-state index in [4.69, 9.17) is 0 Å². The Kier molecular flexibility index (Phi) is 6.78. The number of hydrogen-bond acceptors (Lipinski definition) is 4. The minimum atomic E-state index is -0.917. The molecule has 0 saturated carbocycles. The van der Waals surface area contributed by atoms with Gasteiger partial charge >= 0.3 is 0 Å². The zero-order valence-corrected chi connectivity index (χ0v) is 15.9. The quantitative estimate of drug-likeness (QED) is 0.776. The molecule has 1 aliphatic rings. The number of likely N-dealkylation sites (tertiary alicyclic amines) is 1. The van der Waals surface area contributed by atoms with Gasteiger partial charge in [0.15, 0.2) is 5.78 Å². The summed E-state index contributed by atoms with van der Waals surface area (Å²) in [5.41, 5.74) is 1.22. The number of aliphatic hydroxyl groups excluding tert-OH is 1. The molecule has 1 aliphatic heterocycles. The molecule has 1 atom stereocenters. The van der Waals surface area contributed by atoms with Gasteiger partial charge in [-0.3, -0.25) is 4.79 Å². The van der Waals surface area contributed by atoms with E-state index in [2.05, 4.69) is 37.8 Å². The minimum Gasteiger partial charge on any atom is -0.393 e. The third-order valence-electron chi connectivity index (χ3n) is 5.26. The van der Waals surface area contributed by atoms with Gasteiger partial charge in [-0.05, 0) is 49.8 Å². The van der Waals surface area contributed by atoms with Crippen LogP contribution in [-0.2, 0) is 5.41 Å². The van der Waals surface area contributed by atoms with Gasteiger partial charge in [-0.2, -0.15) is 0 Å². The van der Waals surface area contributed by atoms with Crippen molar-refractivity contribution in [3.8, 4) is 0 Å². The molecule has 0 amide bonds. The van der Waals surface area contributed by atoms with Crippen LogP contribution in [0, 0.1) is 0 Å².